The number of carbonyl (C=O) groups is 1. The van der Waals surface area contributed by atoms with Crippen molar-refractivity contribution in [1.82, 2.24) is 15.0 Å². The molecule has 2 rings (SSSR count). The highest BCUT2D eigenvalue weighted by molar-refractivity contribution is 7.93. The maximum absolute atomic E-state index is 14.1. The molecule has 0 amide bonds. The first-order valence-electron chi connectivity index (χ1n) is 7.84. The molecule has 1 heterocycles. The Morgan fingerprint density at radius 1 is 1.11 bits per heavy atom. The van der Waals surface area contributed by atoms with Gasteiger partial charge in [-0.3, -0.25) is 9.52 Å². The smallest absolute Gasteiger partial charge is 0.355 e. The molecule has 0 atom stereocenters. The molecule has 0 bridgehead atoms. The predicted octanol–water partition coefficient (Wildman–Crippen LogP) is 2.00. The summed E-state index contributed by atoms with van der Waals surface area (Å²) in [7, 11) is -5.22. The topological polar surface area (TPSA) is 120 Å². The normalized spacial score (nSPS) is 11.4. The molecule has 0 radical (unpaired) electrons. The van der Waals surface area contributed by atoms with E-state index in [1.54, 1.807) is 13.8 Å². The van der Waals surface area contributed by atoms with E-state index in [0.717, 1.165) is 18.2 Å². The van der Waals surface area contributed by atoms with E-state index in [1.165, 1.54) is 4.72 Å². The van der Waals surface area contributed by atoms with Gasteiger partial charge < -0.3 is 9.47 Å². The molecule has 0 spiro atoms. The van der Waals surface area contributed by atoms with E-state index in [-0.39, 0.29) is 25.2 Å². The molecule has 13 heteroatoms. The lowest BCUT2D eigenvalue weighted by Gasteiger charge is -2.12. The van der Waals surface area contributed by atoms with Crippen molar-refractivity contribution in [2.24, 2.45) is 0 Å². The van der Waals surface area contributed by atoms with Crippen LogP contribution in [0.4, 0.5) is 18.9 Å². The van der Waals surface area contributed by atoms with Crippen LogP contribution in [0.25, 0.3) is 0 Å². The lowest BCUT2D eigenvalue weighted by Crippen LogP contribution is -2.23. The zero-order valence-corrected chi connectivity index (χ0v) is 15.5. The van der Waals surface area contributed by atoms with Gasteiger partial charge in [-0.05, 0) is 26.0 Å². The van der Waals surface area contributed by atoms with E-state index in [0.29, 0.717) is 0 Å². The number of rotatable bonds is 9. The average Bonchev–Trinajstić information content (AvgIpc) is 2.63. The Balaban J connectivity index is 2.54. The van der Waals surface area contributed by atoms with Gasteiger partial charge in [0.1, 0.15) is 5.82 Å². The number of benzene rings is 1. The van der Waals surface area contributed by atoms with Crippen molar-refractivity contribution >= 4 is 21.5 Å². The van der Waals surface area contributed by atoms with Crippen LogP contribution < -0.4 is 14.2 Å². The van der Waals surface area contributed by atoms with Crippen molar-refractivity contribution in [3.63, 3.8) is 0 Å². The van der Waals surface area contributed by atoms with Crippen molar-refractivity contribution in [1.29, 1.82) is 0 Å². The molecule has 2 aromatic rings. The SMILES string of the molecule is CCOc1nc(OCC)nc(C(=O)c2cccc(F)c2NS(=O)(=O)C(F)F)n1. The number of ether oxygens (including phenoxy) is 2. The van der Waals surface area contributed by atoms with Crippen molar-refractivity contribution < 1.29 is 35.9 Å². The van der Waals surface area contributed by atoms with Crippen LogP contribution in [0.5, 0.6) is 12.0 Å². The minimum Gasteiger partial charge on any atom is -0.464 e. The molecule has 28 heavy (non-hydrogen) atoms. The van der Waals surface area contributed by atoms with E-state index in [2.05, 4.69) is 15.0 Å². The second-order valence-electron chi connectivity index (χ2n) is 4.99. The molecule has 0 saturated heterocycles. The number of para-hydroxylation sites is 1. The van der Waals surface area contributed by atoms with Gasteiger partial charge in [0.15, 0.2) is 0 Å². The Labute approximate surface area is 158 Å². The van der Waals surface area contributed by atoms with Crippen molar-refractivity contribution in [2.45, 2.75) is 19.6 Å². The largest absolute Gasteiger partial charge is 0.464 e. The van der Waals surface area contributed by atoms with Crippen LogP contribution in [0.1, 0.15) is 30.0 Å². The fourth-order valence-electron chi connectivity index (χ4n) is 1.95. The fraction of sp³-hybridized carbons (Fsp3) is 0.333. The third kappa shape index (κ3) is 4.85. The molecule has 1 N–H and O–H groups in total. The zero-order valence-electron chi connectivity index (χ0n) is 14.6. The van der Waals surface area contributed by atoms with Gasteiger partial charge >= 0.3 is 17.8 Å². The average molecular weight is 420 g/mol. The van der Waals surface area contributed by atoms with E-state index < -0.39 is 44.5 Å². The highest BCUT2D eigenvalue weighted by Gasteiger charge is 2.29. The predicted molar refractivity (Wildman–Crippen MR) is 90.5 cm³/mol. The molecule has 0 fully saturated rings. The first-order valence-corrected chi connectivity index (χ1v) is 9.38. The van der Waals surface area contributed by atoms with Crippen LogP contribution in [-0.4, -0.2) is 48.1 Å². The number of carbonyl (C=O) groups excluding carboxylic acids is 1. The maximum Gasteiger partial charge on any atom is 0.355 e. The Morgan fingerprint density at radius 3 is 2.18 bits per heavy atom. The number of anilines is 1. The Bertz CT molecular complexity index is 948. The first-order chi connectivity index (χ1) is 13.2. The summed E-state index contributed by atoms with van der Waals surface area (Å²) in [6, 6.07) is 2.41. The zero-order chi connectivity index (χ0) is 20.9. The Kier molecular flexibility index (Phi) is 6.72. The van der Waals surface area contributed by atoms with E-state index in [9.17, 15) is 26.4 Å². The van der Waals surface area contributed by atoms with Gasteiger partial charge in [0.25, 0.3) is 10.0 Å². The molecular weight excluding hydrogens is 405 g/mol. The number of nitrogens with one attached hydrogen (secondary N) is 1. The fourth-order valence-corrected chi connectivity index (χ4v) is 2.53. The highest BCUT2D eigenvalue weighted by atomic mass is 32.2. The van der Waals surface area contributed by atoms with Crippen molar-refractivity contribution in [2.75, 3.05) is 17.9 Å². The molecule has 0 aliphatic heterocycles. The lowest BCUT2D eigenvalue weighted by molar-refractivity contribution is 0.102. The molecule has 152 valence electrons. The van der Waals surface area contributed by atoms with Crippen LogP contribution in [0.2, 0.25) is 0 Å². The number of nitrogens with zero attached hydrogens (tertiary/aromatic N) is 3. The molecule has 0 unspecified atom stereocenters. The Hall–Kier alpha value is -2.96. The number of sulfonamides is 1. The maximum atomic E-state index is 14.1. The number of alkyl halides is 2. The third-order valence-electron chi connectivity index (χ3n) is 3.08. The summed E-state index contributed by atoms with van der Waals surface area (Å²) in [6.45, 7) is 3.58. The summed E-state index contributed by atoms with van der Waals surface area (Å²) in [4.78, 5) is 24.1. The first kappa shape index (κ1) is 21.3. The number of hydrogen-bond acceptors (Lipinski definition) is 8. The van der Waals surface area contributed by atoms with Gasteiger partial charge in [-0.1, -0.05) is 6.07 Å². The molecule has 0 aliphatic carbocycles. The molecular formula is C15H15F3N4O5S. The van der Waals surface area contributed by atoms with E-state index in [1.807, 2.05) is 0 Å². The second-order valence-corrected chi connectivity index (χ2v) is 6.64. The van der Waals surface area contributed by atoms with Gasteiger partial charge in [0.2, 0.25) is 11.6 Å². The van der Waals surface area contributed by atoms with Gasteiger partial charge in [0, 0.05) is 0 Å². The summed E-state index contributed by atoms with van der Waals surface area (Å²) >= 11 is 0. The summed E-state index contributed by atoms with van der Waals surface area (Å²) in [5.74, 6) is -6.68. The highest BCUT2D eigenvalue weighted by Crippen LogP contribution is 2.25. The minimum atomic E-state index is -5.22. The van der Waals surface area contributed by atoms with Crippen LogP contribution >= 0.6 is 0 Å². The monoisotopic (exact) mass is 420 g/mol. The summed E-state index contributed by atoms with van der Waals surface area (Å²) in [6.07, 6.45) is 0. The van der Waals surface area contributed by atoms with Crippen LogP contribution in [0.15, 0.2) is 18.2 Å². The standard InChI is InChI=1S/C15H15F3N4O5S/c1-3-26-14-19-12(20-15(21-14)27-4-2)11(23)8-6-5-7-9(16)10(8)22-28(24,25)13(17)18/h5-7,13,22H,3-4H2,1-2H3. The van der Waals surface area contributed by atoms with Crippen LogP contribution in [-0.2, 0) is 10.0 Å². The van der Waals surface area contributed by atoms with Crippen molar-refractivity contribution in [3.05, 3.63) is 35.4 Å². The number of ketones is 1. The summed E-state index contributed by atoms with van der Waals surface area (Å²) < 4.78 is 73.8. The third-order valence-corrected chi connectivity index (χ3v) is 4.04. The molecule has 1 aromatic carbocycles. The number of halogens is 3. The molecule has 9 nitrogen and oxygen atoms in total. The lowest BCUT2D eigenvalue weighted by atomic mass is 10.1. The molecule has 0 aliphatic rings. The van der Waals surface area contributed by atoms with Crippen LogP contribution in [0.3, 0.4) is 0 Å². The van der Waals surface area contributed by atoms with E-state index >= 15 is 0 Å². The molecule has 1 aromatic heterocycles. The summed E-state index contributed by atoms with van der Waals surface area (Å²) in [5.41, 5.74) is -1.54. The quantitative estimate of drug-likeness (QED) is 0.612. The summed E-state index contributed by atoms with van der Waals surface area (Å²) in [5, 5.41) is 0. The van der Waals surface area contributed by atoms with Gasteiger partial charge in [-0.2, -0.15) is 18.7 Å². The molecule has 0 saturated carbocycles. The second kappa shape index (κ2) is 8.82. The Morgan fingerprint density at radius 2 is 1.68 bits per heavy atom. The number of aromatic nitrogens is 3. The van der Waals surface area contributed by atoms with Crippen molar-refractivity contribution in [3.8, 4) is 12.0 Å². The van der Waals surface area contributed by atoms with Gasteiger partial charge in [-0.25, -0.2) is 12.8 Å². The van der Waals surface area contributed by atoms with Crippen LogP contribution in [0, 0.1) is 5.82 Å². The number of hydrogen-bond donors (Lipinski definition) is 1. The minimum absolute atomic E-state index is 0.155. The van der Waals surface area contributed by atoms with Gasteiger partial charge in [-0.15, -0.1) is 4.98 Å². The van der Waals surface area contributed by atoms with Gasteiger partial charge in [0.05, 0.1) is 24.5 Å². The van der Waals surface area contributed by atoms with E-state index in [4.69, 9.17) is 9.47 Å².